The van der Waals surface area contributed by atoms with E-state index in [-0.39, 0.29) is 0 Å². The Morgan fingerprint density at radius 3 is 2.29 bits per heavy atom. The van der Waals surface area contributed by atoms with Crippen molar-refractivity contribution in [3.05, 3.63) is 0 Å². The van der Waals surface area contributed by atoms with Gasteiger partial charge in [-0.2, -0.15) is 0 Å². The fourth-order valence-electron chi connectivity index (χ4n) is 2.86. The molecule has 0 aromatic carbocycles. The third-order valence-electron chi connectivity index (χ3n) is 3.94. The van der Waals surface area contributed by atoms with Gasteiger partial charge in [0.1, 0.15) is 0 Å². The predicted octanol–water partition coefficient (Wildman–Crippen LogP) is 3.40. The summed E-state index contributed by atoms with van der Waals surface area (Å²) in [5.74, 6) is 2.77. The zero-order valence-corrected chi connectivity index (χ0v) is 10.6. The van der Waals surface area contributed by atoms with E-state index in [2.05, 4.69) is 39.5 Å². The molecule has 1 fully saturated rings. The molecule has 1 nitrogen and oxygen atoms in total. The minimum atomic E-state index is 0.733. The van der Waals surface area contributed by atoms with Gasteiger partial charge in [-0.3, -0.25) is 0 Å². The molecule has 0 aliphatic carbocycles. The van der Waals surface area contributed by atoms with Crippen LogP contribution in [0, 0.1) is 17.8 Å². The number of hydrogen-bond acceptors (Lipinski definition) is 1. The van der Waals surface area contributed by atoms with Gasteiger partial charge in [0.15, 0.2) is 0 Å². The van der Waals surface area contributed by atoms with E-state index in [0.29, 0.717) is 0 Å². The van der Waals surface area contributed by atoms with Crippen LogP contribution in [0.4, 0.5) is 0 Å². The van der Waals surface area contributed by atoms with Gasteiger partial charge in [-0.25, -0.2) is 0 Å². The van der Waals surface area contributed by atoms with Crippen LogP contribution in [-0.4, -0.2) is 24.0 Å². The molecule has 0 aromatic heterocycles. The summed E-state index contributed by atoms with van der Waals surface area (Å²) in [4.78, 5) is 2.65. The van der Waals surface area contributed by atoms with Crippen LogP contribution >= 0.6 is 0 Å². The number of nitrogens with zero attached hydrogens (tertiary/aromatic N) is 1. The van der Waals surface area contributed by atoms with E-state index in [4.69, 9.17) is 0 Å². The van der Waals surface area contributed by atoms with Crippen molar-refractivity contribution in [2.45, 2.75) is 53.5 Å². The first kappa shape index (κ1) is 12.0. The van der Waals surface area contributed by atoms with Gasteiger partial charge in [0.2, 0.25) is 0 Å². The number of rotatable bonds is 3. The Kier molecular flexibility index (Phi) is 4.43. The fourth-order valence-corrected chi connectivity index (χ4v) is 2.86. The zero-order chi connectivity index (χ0) is 10.7. The van der Waals surface area contributed by atoms with Crippen LogP contribution in [0.15, 0.2) is 0 Å². The Balaban J connectivity index is 2.54. The lowest BCUT2D eigenvalue weighted by Gasteiger charge is -2.42. The van der Waals surface area contributed by atoms with Gasteiger partial charge < -0.3 is 4.90 Å². The first-order valence-electron chi connectivity index (χ1n) is 6.30. The number of piperidine rings is 1. The summed E-state index contributed by atoms with van der Waals surface area (Å²) in [6.45, 7) is 14.4. The third-order valence-corrected chi connectivity index (χ3v) is 3.94. The highest BCUT2D eigenvalue weighted by Crippen LogP contribution is 2.32. The molecule has 0 saturated carbocycles. The topological polar surface area (TPSA) is 3.24 Å². The highest BCUT2D eigenvalue weighted by Gasteiger charge is 2.30. The summed E-state index contributed by atoms with van der Waals surface area (Å²) in [5.41, 5.74) is 0. The van der Waals surface area contributed by atoms with Gasteiger partial charge in [0, 0.05) is 12.6 Å². The molecule has 1 saturated heterocycles. The van der Waals surface area contributed by atoms with Crippen LogP contribution in [0.3, 0.4) is 0 Å². The van der Waals surface area contributed by atoms with Crippen molar-refractivity contribution < 1.29 is 0 Å². The Morgan fingerprint density at radius 1 is 1.21 bits per heavy atom. The number of hydrogen-bond donors (Lipinski definition) is 0. The Hall–Kier alpha value is -0.0400. The minimum Gasteiger partial charge on any atom is -0.301 e. The van der Waals surface area contributed by atoms with E-state index in [1.54, 1.807) is 0 Å². The molecule has 0 amide bonds. The Bertz CT molecular complexity index is 163. The molecule has 0 aromatic rings. The Labute approximate surface area is 89.9 Å². The molecule has 84 valence electrons. The van der Waals surface area contributed by atoms with Crippen LogP contribution in [0.25, 0.3) is 0 Å². The van der Waals surface area contributed by atoms with Gasteiger partial charge in [-0.05, 0) is 44.6 Å². The SMILES string of the molecule is CCC1CN(C(C)C)CCC1C(C)C. The summed E-state index contributed by atoms with van der Waals surface area (Å²) < 4.78 is 0. The highest BCUT2D eigenvalue weighted by atomic mass is 15.2. The monoisotopic (exact) mass is 197 g/mol. The minimum absolute atomic E-state index is 0.733. The zero-order valence-electron chi connectivity index (χ0n) is 10.6. The Morgan fingerprint density at radius 2 is 1.86 bits per heavy atom. The molecule has 0 spiro atoms. The molecule has 0 N–H and O–H groups in total. The summed E-state index contributed by atoms with van der Waals surface area (Å²) in [5, 5.41) is 0. The van der Waals surface area contributed by atoms with Crippen molar-refractivity contribution in [1.82, 2.24) is 4.90 Å². The largest absolute Gasteiger partial charge is 0.301 e. The summed E-state index contributed by atoms with van der Waals surface area (Å²) in [7, 11) is 0. The summed E-state index contributed by atoms with van der Waals surface area (Å²) >= 11 is 0. The van der Waals surface area contributed by atoms with Crippen molar-refractivity contribution in [2.24, 2.45) is 17.8 Å². The lowest BCUT2D eigenvalue weighted by atomic mass is 9.76. The summed E-state index contributed by atoms with van der Waals surface area (Å²) in [6, 6.07) is 0.733. The molecule has 0 radical (unpaired) electrons. The summed E-state index contributed by atoms with van der Waals surface area (Å²) in [6.07, 6.45) is 2.76. The van der Waals surface area contributed by atoms with Crippen molar-refractivity contribution in [1.29, 1.82) is 0 Å². The van der Waals surface area contributed by atoms with E-state index < -0.39 is 0 Å². The van der Waals surface area contributed by atoms with Crippen molar-refractivity contribution in [3.8, 4) is 0 Å². The lowest BCUT2D eigenvalue weighted by molar-refractivity contribution is 0.0687. The van der Waals surface area contributed by atoms with Crippen molar-refractivity contribution >= 4 is 0 Å². The van der Waals surface area contributed by atoms with Gasteiger partial charge in [0.05, 0.1) is 0 Å². The molecular formula is C13H27N. The van der Waals surface area contributed by atoms with Crippen molar-refractivity contribution in [3.63, 3.8) is 0 Å². The second-order valence-electron chi connectivity index (χ2n) is 5.45. The molecule has 2 unspecified atom stereocenters. The first-order valence-corrected chi connectivity index (χ1v) is 6.30. The maximum Gasteiger partial charge on any atom is 0.00387 e. The smallest absolute Gasteiger partial charge is 0.00387 e. The lowest BCUT2D eigenvalue weighted by Crippen LogP contribution is -2.45. The van der Waals surface area contributed by atoms with E-state index in [0.717, 1.165) is 23.8 Å². The van der Waals surface area contributed by atoms with Gasteiger partial charge in [-0.1, -0.05) is 27.2 Å². The van der Waals surface area contributed by atoms with Crippen LogP contribution in [0.1, 0.15) is 47.5 Å². The molecule has 1 heterocycles. The van der Waals surface area contributed by atoms with Gasteiger partial charge >= 0.3 is 0 Å². The molecule has 14 heavy (non-hydrogen) atoms. The molecule has 1 rings (SSSR count). The maximum absolute atomic E-state index is 2.65. The first-order chi connectivity index (χ1) is 6.56. The van der Waals surface area contributed by atoms with Gasteiger partial charge in [0.25, 0.3) is 0 Å². The molecule has 1 aliphatic rings. The second kappa shape index (κ2) is 5.16. The molecule has 1 heteroatoms. The van der Waals surface area contributed by atoms with Gasteiger partial charge in [-0.15, -0.1) is 0 Å². The fraction of sp³-hybridized carbons (Fsp3) is 1.00. The molecule has 2 atom stereocenters. The normalized spacial score (nSPS) is 30.2. The van der Waals surface area contributed by atoms with Crippen LogP contribution in [-0.2, 0) is 0 Å². The number of likely N-dealkylation sites (tertiary alicyclic amines) is 1. The maximum atomic E-state index is 2.65. The van der Waals surface area contributed by atoms with Crippen LogP contribution in [0.5, 0.6) is 0 Å². The molecule has 1 aliphatic heterocycles. The second-order valence-corrected chi connectivity index (χ2v) is 5.45. The van der Waals surface area contributed by atoms with E-state index >= 15 is 0 Å². The average Bonchev–Trinajstić information content (AvgIpc) is 2.16. The third kappa shape index (κ3) is 2.73. The van der Waals surface area contributed by atoms with Crippen LogP contribution in [0.2, 0.25) is 0 Å². The molecular weight excluding hydrogens is 170 g/mol. The standard InChI is InChI=1S/C13H27N/c1-6-12-9-14(11(4)5)8-7-13(12)10(2)3/h10-13H,6-9H2,1-5H3. The van der Waals surface area contributed by atoms with E-state index in [1.165, 1.54) is 25.9 Å². The van der Waals surface area contributed by atoms with E-state index in [9.17, 15) is 0 Å². The van der Waals surface area contributed by atoms with Crippen LogP contribution < -0.4 is 0 Å². The molecule has 0 bridgehead atoms. The van der Waals surface area contributed by atoms with Crippen molar-refractivity contribution in [2.75, 3.05) is 13.1 Å². The quantitative estimate of drug-likeness (QED) is 0.670. The highest BCUT2D eigenvalue weighted by molar-refractivity contribution is 4.82. The van der Waals surface area contributed by atoms with E-state index in [1.807, 2.05) is 0 Å². The average molecular weight is 197 g/mol. The predicted molar refractivity (Wildman–Crippen MR) is 63.4 cm³/mol.